The molecule has 0 fully saturated rings. The lowest BCUT2D eigenvalue weighted by Gasteiger charge is -2.29. The first-order valence-corrected chi connectivity index (χ1v) is 13.6. The number of phenols is 1. The predicted molar refractivity (Wildman–Crippen MR) is 142 cm³/mol. The summed E-state index contributed by atoms with van der Waals surface area (Å²) in [4.78, 5) is 29.9. The van der Waals surface area contributed by atoms with Crippen LogP contribution in [-0.2, 0) is 25.7 Å². The molecule has 0 saturated heterocycles. The van der Waals surface area contributed by atoms with Crippen molar-refractivity contribution in [1.82, 2.24) is 9.88 Å². The zero-order chi connectivity index (χ0) is 28.8. The van der Waals surface area contributed by atoms with Gasteiger partial charge in [0.1, 0.15) is 16.9 Å². The molecular formula is C28H32N2O8S. The van der Waals surface area contributed by atoms with Gasteiger partial charge in [0.25, 0.3) is 0 Å². The first-order valence-electron chi connectivity index (χ1n) is 12.1. The molecule has 2 N–H and O–H groups in total. The summed E-state index contributed by atoms with van der Waals surface area (Å²) in [5, 5.41) is 20.5. The Bertz CT molecular complexity index is 1400. The Morgan fingerprint density at radius 1 is 1.05 bits per heavy atom. The van der Waals surface area contributed by atoms with Crippen molar-refractivity contribution in [2.75, 3.05) is 20.2 Å². The monoisotopic (exact) mass is 556 g/mol. The molecule has 11 heteroatoms. The highest BCUT2D eigenvalue weighted by Gasteiger charge is 2.25. The van der Waals surface area contributed by atoms with Gasteiger partial charge in [-0.3, -0.25) is 4.98 Å². The van der Waals surface area contributed by atoms with Gasteiger partial charge in [0.05, 0.1) is 29.5 Å². The fourth-order valence-electron chi connectivity index (χ4n) is 3.66. The van der Waals surface area contributed by atoms with Gasteiger partial charge in [0, 0.05) is 24.5 Å². The van der Waals surface area contributed by atoms with Crippen LogP contribution in [0.2, 0.25) is 0 Å². The van der Waals surface area contributed by atoms with Crippen molar-refractivity contribution < 1.29 is 37.7 Å². The van der Waals surface area contributed by atoms with E-state index < -0.39 is 33.6 Å². The minimum Gasteiger partial charge on any atom is -0.507 e. The smallest absolute Gasteiger partial charge is 0.410 e. The van der Waals surface area contributed by atoms with Gasteiger partial charge in [-0.2, -0.15) is 0 Å². The number of hydrogen-bond acceptors (Lipinski definition) is 9. The van der Waals surface area contributed by atoms with Gasteiger partial charge in [-0.25, -0.2) is 18.0 Å². The molecule has 3 rings (SSSR count). The molecule has 1 heterocycles. The second-order valence-electron chi connectivity index (χ2n) is 9.80. The second-order valence-corrected chi connectivity index (χ2v) is 11.7. The van der Waals surface area contributed by atoms with Gasteiger partial charge in [-0.15, -0.1) is 0 Å². The molecule has 2 aromatic carbocycles. The van der Waals surface area contributed by atoms with Crippen molar-refractivity contribution in [3.05, 3.63) is 83.7 Å². The fraction of sp³-hybridized carbons (Fsp3) is 0.321. The lowest BCUT2D eigenvalue weighted by molar-refractivity contribution is 0.0146. The molecule has 0 spiro atoms. The first kappa shape index (κ1) is 29.6. The standard InChI is InChI=1S/C28H32N2O8S/c1-28(2,3)38-27(34)30(18-25(32)20-6-5-14-29-17-20)15-13-19-7-9-21(10-8-19)39(35,36)22-11-12-24(31)23(16-22)26(33)37-4/h5-12,14,16-17,25,31-32H,13,15,18H2,1-4H3/t25-/m0/s1. The van der Waals surface area contributed by atoms with Crippen molar-refractivity contribution in [2.45, 2.75) is 48.7 Å². The molecular weight excluding hydrogens is 524 g/mol. The number of phenolic OH excluding ortho intramolecular Hbond substituents is 1. The third-order valence-corrected chi connectivity index (χ3v) is 7.47. The molecule has 1 amide bonds. The Hall–Kier alpha value is -3.96. The van der Waals surface area contributed by atoms with Crippen LogP contribution in [0.3, 0.4) is 0 Å². The molecule has 0 bridgehead atoms. The highest BCUT2D eigenvalue weighted by atomic mass is 32.2. The predicted octanol–water partition coefficient (Wildman–Crippen LogP) is 3.92. The summed E-state index contributed by atoms with van der Waals surface area (Å²) >= 11 is 0. The number of esters is 1. The summed E-state index contributed by atoms with van der Waals surface area (Å²) < 4.78 is 36.4. The van der Waals surface area contributed by atoms with Crippen LogP contribution < -0.4 is 0 Å². The highest BCUT2D eigenvalue weighted by molar-refractivity contribution is 7.91. The van der Waals surface area contributed by atoms with Gasteiger partial charge >= 0.3 is 12.1 Å². The number of pyridine rings is 1. The van der Waals surface area contributed by atoms with Crippen molar-refractivity contribution in [3.8, 4) is 5.75 Å². The van der Waals surface area contributed by atoms with Crippen LogP contribution in [-0.4, -0.2) is 66.4 Å². The topological polar surface area (TPSA) is 143 Å². The summed E-state index contributed by atoms with van der Waals surface area (Å²) in [6.07, 6.45) is 1.92. The summed E-state index contributed by atoms with van der Waals surface area (Å²) in [5.41, 5.74) is 0.322. The van der Waals surface area contributed by atoms with E-state index in [9.17, 15) is 28.2 Å². The summed E-state index contributed by atoms with van der Waals surface area (Å²) in [6.45, 7) is 5.45. The number of carbonyl (C=O) groups is 2. The van der Waals surface area contributed by atoms with Crippen molar-refractivity contribution in [1.29, 1.82) is 0 Å². The van der Waals surface area contributed by atoms with Crippen LogP contribution in [0, 0.1) is 0 Å². The maximum absolute atomic E-state index is 13.1. The summed E-state index contributed by atoms with van der Waals surface area (Å²) in [5.74, 6) is -1.25. The number of benzene rings is 2. The van der Waals surface area contributed by atoms with E-state index in [-0.39, 0.29) is 34.2 Å². The highest BCUT2D eigenvalue weighted by Crippen LogP contribution is 2.27. The van der Waals surface area contributed by atoms with Gasteiger partial charge in [-0.05, 0) is 69.2 Å². The van der Waals surface area contributed by atoms with E-state index >= 15 is 0 Å². The zero-order valence-corrected chi connectivity index (χ0v) is 23.0. The average molecular weight is 557 g/mol. The van der Waals surface area contributed by atoms with Crippen LogP contribution in [0.15, 0.2) is 76.8 Å². The molecule has 208 valence electrons. The van der Waals surface area contributed by atoms with Crippen molar-refractivity contribution in [2.24, 2.45) is 0 Å². The van der Waals surface area contributed by atoms with E-state index in [1.54, 1.807) is 51.2 Å². The van der Waals surface area contributed by atoms with E-state index in [0.717, 1.165) is 24.8 Å². The number of aromatic hydroxyl groups is 1. The normalized spacial score (nSPS) is 12.4. The van der Waals surface area contributed by atoms with Crippen LogP contribution in [0.1, 0.15) is 48.4 Å². The number of amides is 1. The van der Waals surface area contributed by atoms with E-state index in [0.29, 0.717) is 12.0 Å². The molecule has 39 heavy (non-hydrogen) atoms. The number of nitrogens with zero attached hydrogens (tertiary/aromatic N) is 2. The largest absolute Gasteiger partial charge is 0.507 e. The van der Waals surface area contributed by atoms with Crippen molar-refractivity contribution in [3.63, 3.8) is 0 Å². The van der Waals surface area contributed by atoms with Crippen molar-refractivity contribution >= 4 is 21.9 Å². The lowest BCUT2D eigenvalue weighted by Crippen LogP contribution is -2.40. The van der Waals surface area contributed by atoms with Gasteiger partial charge in [0.2, 0.25) is 9.84 Å². The van der Waals surface area contributed by atoms with E-state index in [2.05, 4.69) is 9.72 Å². The Kier molecular flexibility index (Phi) is 9.31. The minimum absolute atomic E-state index is 0.0104. The number of aliphatic hydroxyl groups is 1. The fourth-order valence-corrected chi connectivity index (χ4v) is 4.95. The maximum atomic E-state index is 13.1. The molecule has 3 aromatic rings. The van der Waals surface area contributed by atoms with Crippen LogP contribution in [0.25, 0.3) is 0 Å². The Labute approximate surface area is 227 Å². The molecule has 0 radical (unpaired) electrons. The molecule has 1 atom stereocenters. The third kappa shape index (κ3) is 7.78. The average Bonchev–Trinajstić information content (AvgIpc) is 2.90. The molecule has 0 saturated carbocycles. The Balaban J connectivity index is 1.76. The minimum atomic E-state index is -3.99. The quantitative estimate of drug-likeness (QED) is 0.375. The van der Waals surface area contributed by atoms with Gasteiger partial charge in [0.15, 0.2) is 0 Å². The number of carbonyl (C=O) groups excluding carboxylic acids is 2. The number of ether oxygens (including phenoxy) is 2. The maximum Gasteiger partial charge on any atom is 0.410 e. The van der Waals surface area contributed by atoms with Crippen LogP contribution in [0.5, 0.6) is 5.75 Å². The molecule has 10 nitrogen and oxygen atoms in total. The lowest BCUT2D eigenvalue weighted by atomic mass is 10.1. The van der Waals surface area contributed by atoms with E-state index in [1.165, 1.54) is 29.3 Å². The molecule has 0 aliphatic heterocycles. The van der Waals surface area contributed by atoms with Gasteiger partial charge < -0.3 is 24.6 Å². The number of methoxy groups -OCH3 is 1. The molecule has 0 aliphatic rings. The molecule has 0 unspecified atom stereocenters. The SMILES string of the molecule is COC(=O)c1cc(S(=O)(=O)c2ccc(CCN(C[C@H](O)c3cccnc3)C(=O)OC(C)(C)C)cc2)ccc1O. The van der Waals surface area contributed by atoms with Crippen LogP contribution in [0.4, 0.5) is 4.79 Å². The van der Waals surface area contributed by atoms with Crippen LogP contribution >= 0.6 is 0 Å². The Morgan fingerprint density at radius 3 is 2.31 bits per heavy atom. The zero-order valence-electron chi connectivity index (χ0n) is 22.2. The molecule has 1 aromatic heterocycles. The summed E-state index contributed by atoms with van der Waals surface area (Å²) in [7, 11) is -2.86. The Morgan fingerprint density at radius 2 is 1.72 bits per heavy atom. The second kappa shape index (κ2) is 12.3. The first-order chi connectivity index (χ1) is 18.3. The molecule has 0 aliphatic carbocycles. The number of rotatable bonds is 9. The van der Waals surface area contributed by atoms with E-state index in [4.69, 9.17) is 4.74 Å². The van der Waals surface area contributed by atoms with Gasteiger partial charge in [-0.1, -0.05) is 18.2 Å². The third-order valence-electron chi connectivity index (χ3n) is 5.70. The van der Waals surface area contributed by atoms with E-state index in [1.807, 2.05) is 0 Å². The number of aromatic nitrogens is 1. The number of hydrogen-bond donors (Lipinski definition) is 2. The number of aliphatic hydroxyl groups excluding tert-OH is 1. The number of sulfone groups is 1. The summed E-state index contributed by atoms with van der Waals surface area (Å²) in [6, 6.07) is 12.9.